The number of piperidine rings is 2. The van der Waals surface area contributed by atoms with Gasteiger partial charge < -0.3 is 15.1 Å². The molecule has 35 heavy (non-hydrogen) atoms. The zero-order chi connectivity index (χ0) is 24.7. The van der Waals surface area contributed by atoms with Gasteiger partial charge in [0.2, 0.25) is 11.8 Å². The van der Waals surface area contributed by atoms with Gasteiger partial charge in [0.25, 0.3) is 0 Å². The Morgan fingerprint density at radius 3 is 2.43 bits per heavy atom. The predicted molar refractivity (Wildman–Crippen MR) is 134 cm³/mol. The van der Waals surface area contributed by atoms with Gasteiger partial charge in [-0.15, -0.1) is 0 Å². The molecular weight excluding hydrogens is 441 g/mol. The van der Waals surface area contributed by atoms with Gasteiger partial charge in [-0.05, 0) is 68.3 Å². The highest BCUT2D eigenvalue weighted by Crippen LogP contribution is 2.45. The SMILES string of the molecule is Cc1cc(C)cc(CN2C[C@H](C)CCN3C(=O)C4CNCCC4C(c4ccc(F)cc4)C3C2=O)c1. The van der Waals surface area contributed by atoms with Crippen LogP contribution < -0.4 is 5.32 Å². The molecule has 0 saturated carbocycles. The minimum absolute atomic E-state index is 0.0235. The van der Waals surface area contributed by atoms with Crippen LogP contribution in [0.4, 0.5) is 4.39 Å². The van der Waals surface area contributed by atoms with Gasteiger partial charge in [-0.25, -0.2) is 4.39 Å². The number of aryl methyl sites for hydroxylation is 2. The number of nitrogens with one attached hydrogen (secondary N) is 1. The first kappa shape index (κ1) is 24.0. The zero-order valence-corrected chi connectivity index (χ0v) is 21.0. The second kappa shape index (κ2) is 9.73. The number of amides is 2. The molecule has 2 aromatic carbocycles. The van der Waals surface area contributed by atoms with Crippen molar-refractivity contribution in [3.8, 4) is 0 Å². The molecule has 5 atom stereocenters. The number of carbonyl (C=O) groups excluding carboxylic acids is 2. The van der Waals surface area contributed by atoms with Gasteiger partial charge in [-0.3, -0.25) is 9.59 Å². The van der Waals surface area contributed by atoms with Gasteiger partial charge in [0.05, 0.1) is 5.92 Å². The molecule has 3 aliphatic heterocycles. The second-order valence-corrected chi connectivity index (χ2v) is 10.9. The van der Waals surface area contributed by atoms with E-state index in [4.69, 9.17) is 0 Å². The molecule has 0 aromatic heterocycles. The Balaban J connectivity index is 1.56. The van der Waals surface area contributed by atoms with E-state index in [9.17, 15) is 14.0 Å². The highest BCUT2D eigenvalue weighted by molar-refractivity contribution is 5.91. The van der Waals surface area contributed by atoms with Crippen LogP contribution in [0.2, 0.25) is 0 Å². The number of nitrogens with zero attached hydrogens (tertiary/aromatic N) is 2. The Labute approximate surface area is 207 Å². The first-order valence-electron chi connectivity index (χ1n) is 12.9. The third-order valence-electron chi connectivity index (χ3n) is 8.14. The third-order valence-corrected chi connectivity index (χ3v) is 8.14. The number of hydrogen-bond acceptors (Lipinski definition) is 3. The molecule has 4 unspecified atom stereocenters. The minimum Gasteiger partial charge on any atom is -0.336 e. The lowest BCUT2D eigenvalue weighted by Gasteiger charge is -2.52. The van der Waals surface area contributed by atoms with Crippen molar-refractivity contribution in [1.82, 2.24) is 15.1 Å². The third kappa shape index (κ3) is 4.73. The van der Waals surface area contributed by atoms with E-state index >= 15 is 0 Å². The average molecular weight is 478 g/mol. The van der Waals surface area contributed by atoms with Crippen LogP contribution in [0.15, 0.2) is 42.5 Å². The Morgan fingerprint density at radius 2 is 1.71 bits per heavy atom. The number of rotatable bonds is 3. The molecule has 5 rings (SSSR count). The first-order valence-corrected chi connectivity index (χ1v) is 12.9. The van der Waals surface area contributed by atoms with Crippen molar-refractivity contribution in [1.29, 1.82) is 0 Å². The van der Waals surface area contributed by atoms with Gasteiger partial charge in [-0.2, -0.15) is 0 Å². The maximum Gasteiger partial charge on any atom is 0.246 e. The van der Waals surface area contributed by atoms with E-state index in [0.29, 0.717) is 32.1 Å². The van der Waals surface area contributed by atoms with Crippen LogP contribution in [0, 0.1) is 37.4 Å². The molecule has 0 spiro atoms. The van der Waals surface area contributed by atoms with E-state index in [-0.39, 0.29) is 35.4 Å². The van der Waals surface area contributed by atoms with Gasteiger partial charge in [0.15, 0.2) is 0 Å². The zero-order valence-electron chi connectivity index (χ0n) is 21.0. The topological polar surface area (TPSA) is 52.6 Å². The molecule has 2 amide bonds. The van der Waals surface area contributed by atoms with Crippen LogP contribution in [0.5, 0.6) is 0 Å². The largest absolute Gasteiger partial charge is 0.336 e. The lowest BCUT2D eigenvalue weighted by molar-refractivity contribution is -0.160. The lowest BCUT2D eigenvalue weighted by atomic mass is 9.66. The van der Waals surface area contributed by atoms with E-state index in [1.54, 1.807) is 0 Å². The van der Waals surface area contributed by atoms with Gasteiger partial charge in [0, 0.05) is 32.1 Å². The summed E-state index contributed by atoms with van der Waals surface area (Å²) in [5.74, 6) is -0.0822. The first-order chi connectivity index (χ1) is 16.8. The van der Waals surface area contributed by atoms with Gasteiger partial charge in [0.1, 0.15) is 11.9 Å². The van der Waals surface area contributed by atoms with Crippen LogP contribution in [-0.2, 0) is 16.1 Å². The molecule has 0 aliphatic carbocycles. The molecule has 186 valence electrons. The molecule has 5 nitrogen and oxygen atoms in total. The Hall–Kier alpha value is -2.73. The maximum atomic E-state index is 14.4. The van der Waals surface area contributed by atoms with Gasteiger partial charge >= 0.3 is 0 Å². The maximum absolute atomic E-state index is 14.4. The average Bonchev–Trinajstić information content (AvgIpc) is 2.82. The number of hydrogen-bond donors (Lipinski definition) is 1. The van der Waals surface area contributed by atoms with E-state index < -0.39 is 6.04 Å². The number of fused-ring (bicyclic) bond motifs is 2. The van der Waals surface area contributed by atoms with Crippen molar-refractivity contribution in [2.45, 2.75) is 52.1 Å². The number of carbonyl (C=O) groups is 2. The van der Waals surface area contributed by atoms with Crippen molar-refractivity contribution in [3.05, 3.63) is 70.5 Å². The molecule has 3 heterocycles. The summed E-state index contributed by atoms with van der Waals surface area (Å²) in [5.41, 5.74) is 4.45. The molecule has 6 heteroatoms. The van der Waals surface area contributed by atoms with Gasteiger partial charge in [-0.1, -0.05) is 48.4 Å². The highest BCUT2D eigenvalue weighted by atomic mass is 19.1. The van der Waals surface area contributed by atoms with Crippen LogP contribution in [0.1, 0.15) is 47.9 Å². The summed E-state index contributed by atoms with van der Waals surface area (Å²) in [6.07, 6.45) is 1.70. The quantitative estimate of drug-likeness (QED) is 0.726. The molecule has 3 aliphatic rings. The Kier molecular flexibility index (Phi) is 6.67. The fourth-order valence-electron chi connectivity index (χ4n) is 6.64. The fraction of sp³-hybridized carbons (Fsp3) is 0.517. The number of benzene rings is 2. The molecule has 3 fully saturated rings. The van der Waals surface area contributed by atoms with Crippen molar-refractivity contribution in [2.24, 2.45) is 17.8 Å². The molecule has 0 radical (unpaired) electrons. The summed E-state index contributed by atoms with van der Waals surface area (Å²) in [7, 11) is 0. The summed E-state index contributed by atoms with van der Waals surface area (Å²) >= 11 is 0. The summed E-state index contributed by atoms with van der Waals surface area (Å²) in [5, 5.41) is 3.39. The Morgan fingerprint density at radius 1 is 1.00 bits per heavy atom. The lowest BCUT2D eigenvalue weighted by Crippen LogP contribution is -2.65. The number of halogens is 1. The molecular formula is C29H36FN3O2. The monoisotopic (exact) mass is 477 g/mol. The summed E-state index contributed by atoms with van der Waals surface area (Å²) in [6.45, 7) is 9.60. The van der Waals surface area contributed by atoms with Crippen molar-refractivity contribution >= 4 is 11.8 Å². The Bertz CT molecular complexity index is 1080. The van der Waals surface area contributed by atoms with E-state index in [2.05, 4.69) is 44.3 Å². The molecule has 3 saturated heterocycles. The normalized spacial score (nSPS) is 29.3. The standard InChI is InChI=1S/C29H36FN3O2/c1-18-9-11-33-27(29(35)32(16-18)17-21-13-19(2)12-20(3)14-21)26(22-4-6-23(30)7-5-22)24-8-10-31-15-25(24)28(33)34/h4-7,12-14,18,24-27,31H,8-11,15-17H2,1-3H3/t18-,24?,25?,26?,27?/m1/s1. The second-order valence-electron chi connectivity index (χ2n) is 10.9. The summed E-state index contributed by atoms with van der Waals surface area (Å²) in [4.78, 5) is 32.0. The summed E-state index contributed by atoms with van der Waals surface area (Å²) < 4.78 is 13.8. The smallest absolute Gasteiger partial charge is 0.246 e. The van der Waals surface area contributed by atoms with Crippen LogP contribution >= 0.6 is 0 Å². The van der Waals surface area contributed by atoms with Crippen molar-refractivity contribution in [3.63, 3.8) is 0 Å². The van der Waals surface area contributed by atoms with E-state index in [1.807, 2.05) is 21.9 Å². The van der Waals surface area contributed by atoms with Crippen LogP contribution in [-0.4, -0.2) is 53.8 Å². The van der Waals surface area contributed by atoms with Crippen LogP contribution in [0.25, 0.3) is 0 Å². The minimum atomic E-state index is -0.550. The summed E-state index contributed by atoms with van der Waals surface area (Å²) in [6, 6.07) is 12.5. The molecule has 2 aromatic rings. The van der Waals surface area contributed by atoms with E-state index in [1.165, 1.54) is 23.3 Å². The van der Waals surface area contributed by atoms with Crippen LogP contribution in [0.3, 0.4) is 0 Å². The predicted octanol–water partition coefficient (Wildman–Crippen LogP) is 4.03. The molecule has 1 N–H and O–H groups in total. The van der Waals surface area contributed by atoms with E-state index in [0.717, 1.165) is 30.5 Å². The van der Waals surface area contributed by atoms with Crippen molar-refractivity contribution in [2.75, 3.05) is 26.2 Å². The molecule has 0 bridgehead atoms. The van der Waals surface area contributed by atoms with Crippen molar-refractivity contribution < 1.29 is 14.0 Å². The fourth-order valence-corrected chi connectivity index (χ4v) is 6.64. The highest BCUT2D eigenvalue weighted by Gasteiger charge is 2.53.